The molecule has 3 rings (SSSR count). The molecule has 0 unspecified atom stereocenters. The Balaban J connectivity index is 1.92. The van der Waals surface area contributed by atoms with E-state index in [-0.39, 0.29) is 18.0 Å². The molecule has 3 heterocycles. The van der Waals surface area contributed by atoms with Crippen molar-refractivity contribution in [2.45, 2.75) is 45.7 Å². The summed E-state index contributed by atoms with van der Waals surface area (Å²) in [4.78, 5) is 23.2. The van der Waals surface area contributed by atoms with E-state index in [4.69, 9.17) is 9.52 Å². The highest BCUT2D eigenvalue weighted by atomic mass is 16.4. The number of carbonyl (C=O) groups is 1. The Hall–Kier alpha value is -2.31. The molecule has 1 aliphatic rings. The third-order valence-corrected chi connectivity index (χ3v) is 3.83. The monoisotopic (exact) mass is 291 g/mol. The number of aryl methyl sites for hydroxylation is 2. The second kappa shape index (κ2) is 5.23. The lowest BCUT2D eigenvalue weighted by molar-refractivity contribution is 0.0661. The molecule has 0 fully saturated rings. The molecule has 0 amide bonds. The van der Waals surface area contributed by atoms with E-state index in [2.05, 4.69) is 5.10 Å². The van der Waals surface area contributed by atoms with Crippen molar-refractivity contribution >= 4 is 5.97 Å². The van der Waals surface area contributed by atoms with Crippen molar-refractivity contribution in [2.75, 3.05) is 0 Å². The van der Waals surface area contributed by atoms with E-state index < -0.39 is 5.97 Å². The molecule has 0 aliphatic carbocycles. The third kappa shape index (κ3) is 2.51. The van der Waals surface area contributed by atoms with Crippen LogP contribution in [0.4, 0.5) is 0 Å². The Bertz CT molecular complexity index is 738. The summed E-state index contributed by atoms with van der Waals surface area (Å²) in [5.41, 5.74) is 0.534. The SMILES string of the molecule is Cc1oc(C(=O)O)cc1Cn1nc2n(c1=O)CCCCC2. The minimum Gasteiger partial charge on any atom is -0.475 e. The molecular formula is C14H17N3O4. The van der Waals surface area contributed by atoms with Gasteiger partial charge in [0.15, 0.2) is 0 Å². The number of hydrogen-bond donors (Lipinski definition) is 1. The first-order valence-electron chi connectivity index (χ1n) is 7.05. The zero-order chi connectivity index (χ0) is 15.0. The molecule has 7 nitrogen and oxygen atoms in total. The number of aromatic carboxylic acids is 1. The van der Waals surface area contributed by atoms with E-state index in [0.717, 1.165) is 31.5 Å². The molecule has 2 aromatic rings. The fourth-order valence-corrected chi connectivity index (χ4v) is 2.67. The molecule has 0 atom stereocenters. The number of hydrogen-bond acceptors (Lipinski definition) is 4. The normalized spacial score (nSPS) is 14.7. The van der Waals surface area contributed by atoms with Crippen molar-refractivity contribution < 1.29 is 14.3 Å². The van der Waals surface area contributed by atoms with Gasteiger partial charge in [0.1, 0.15) is 11.6 Å². The van der Waals surface area contributed by atoms with Crippen LogP contribution in [-0.4, -0.2) is 25.4 Å². The van der Waals surface area contributed by atoms with Gasteiger partial charge in [-0.25, -0.2) is 14.3 Å². The van der Waals surface area contributed by atoms with Crippen LogP contribution in [0.3, 0.4) is 0 Å². The number of furan rings is 1. The quantitative estimate of drug-likeness (QED) is 0.923. The number of fused-ring (bicyclic) bond motifs is 1. The lowest BCUT2D eigenvalue weighted by Gasteiger charge is -1.99. The smallest absolute Gasteiger partial charge is 0.371 e. The van der Waals surface area contributed by atoms with Crippen LogP contribution in [0.2, 0.25) is 0 Å². The van der Waals surface area contributed by atoms with Gasteiger partial charge >= 0.3 is 11.7 Å². The Morgan fingerprint density at radius 2 is 2.24 bits per heavy atom. The van der Waals surface area contributed by atoms with E-state index in [0.29, 0.717) is 17.9 Å². The lowest BCUT2D eigenvalue weighted by Crippen LogP contribution is -2.25. The maximum absolute atomic E-state index is 12.3. The Labute approximate surface area is 120 Å². The Morgan fingerprint density at radius 1 is 1.43 bits per heavy atom. The van der Waals surface area contributed by atoms with Crippen LogP contribution in [0, 0.1) is 6.92 Å². The van der Waals surface area contributed by atoms with Gasteiger partial charge in [0.2, 0.25) is 5.76 Å². The van der Waals surface area contributed by atoms with Crippen LogP contribution in [0.1, 0.15) is 47.0 Å². The second-order valence-electron chi connectivity index (χ2n) is 5.32. The molecule has 0 bridgehead atoms. The predicted molar refractivity (Wildman–Crippen MR) is 73.5 cm³/mol. The van der Waals surface area contributed by atoms with Crippen LogP contribution < -0.4 is 5.69 Å². The summed E-state index contributed by atoms with van der Waals surface area (Å²) in [5.74, 6) is 0.0910. The molecule has 0 radical (unpaired) electrons. The predicted octanol–water partition coefficient (Wildman–Crippen LogP) is 1.42. The van der Waals surface area contributed by atoms with Crippen LogP contribution in [-0.2, 0) is 19.5 Å². The van der Waals surface area contributed by atoms with E-state index in [1.165, 1.54) is 10.7 Å². The van der Waals surface area contributed by atoms with Gasteiger partial charge in [0, 0.05) is 18.5 Å². The van der Waals surface area contributed by atoms with Crippen LogP contribution in [0.25, 0.3) is 0 Å². The number of carboxylic acid groups (broad SMARTS) is 1. The maximum Gasteiger partial charge on any atom is 0.371 e. The van der Waals surface area contributed by atoms with Gasteiger partial charge in [-0.15, -0.1) is 0 Å². The number of carboxylic acids is 1. The van der Waals surface area contributed by atoms with Gasteiger partial charge in [0.25, 0.3) is 0 Å². The van der Waals surface area contributed by atoms with Crippen LogP contribution in [0.15, 0.2) is 15.3 Å². The summed E-state index contributed by atoms with van der Waals surface area (Å²) in [7, 11) is 0. The van der Waals surface area contributed by atoms with Gasteiger partial charge in [0.05, 0.1) is 6.54 Å². The molecule has 0 aromatic carbocycles. The minimum absolute atomic E-state index is 0.115. The first-order valence-corrected chi connectivity index (χ1v) is 7.05. The summed E-state index contributed by atoms with van der Waals surface area (Å²) in [5, 5.41) is 13.3. The van der Waals surface area contributed by atoms with Crippen LogP contribution >= 0.6 is 0 Å². The highest BCUT2D eigenvalue weighted by molar-refractivity contribution is 5.84. The summed E-state index contributed by atoms with van der Waals surface area (Å²) in [6, 6.07) is 1.45. The lowest BCUT2D eigenvalue weighted by atomic mass is 10.2. The van der Waals surface area contributed by atoms with Gasteiger partial charge < -0.3 is 9.52 Å². The summed E-state index contributed by atoms with van der Waals surface area (Å²) < 4.78 is 8.28. The fourth-order valence-electron chi connectivity index (χ4n) is 2.67. The van der Waals surface area contributed by atoms with E-state index in [9.17, 15) is 9.59 Å². The average molecular weight is 291 g/mol. The van der Waals surface area contributed by atoms with E-state index >= 15 is 0 Å². The Morgan fingerprint density at radius 3 is 2.95 bits per heavy atom. The first kappa shape index (κ1) is 13.7. The minimum atomic E-state index is -1.11. The van der Waals surface area contributed by atoms with Gasteiger partial charge in [-0.05, 0) is 25.8 Å². The third-order valence-electron chi connectivity index (χ3n) is 3.83. The highest BCUT2D eigenvalue weighted by Gasteiger charge is 2.18. The molecule has 7 heteroatoms. The standard InChI is InChI=1S/C14H17N3O4/c1-9-10(7-11(21-9)13(18)19)8-17-14(20)16-6-4-2-3-5-12(16)15-17/h7H,2-6,8H2,1H3,(H,18,19). The molecule has 112 valence electrons. The molecule has 21 heavy (non-hydrogen) atoms. The number of nitrogens with zero attached hydrogens (tertiary/aromatic N) is 3. The molecule has 0 spiro atoms. The number of rotatable bonds is 3. The largest absolute Gasteiger partial charge is 0.475 e. The van der Waals surface area contributed by atoms with E-state index in [1.54, 1.807) is 11.5 Å². The molecule has 1 N–H and O–H groups in total. The van der Waals surface area contributed by atoms with Gasteiger partial charge in [-0.2, -0.15) is 5.10 Å². The zero-order valence-electron chi connectivity index (χ0n) is 11.8. The first-order chi connectivity index (χ1) is 10.1. The van der Waals surface area contributed by atoms with Gasteiger partial charge in [-0.1, -0.05) is 6.42 Å². The number of aromatic nitrogens is 3. The van der Waals surface area contributed by atoms with Crippen molar-refractivity contribution in [1.29, 1.82) is 0 Å². The highest BCUT2D eigenvalue weighted by Crippen LogP contribution is 2.16. The van der Waals surface area contributed by atoms with Crippen molar-refractivity contribution in [3.8, 4) is 0 Å². The zero-order valence-corrected chi connectivity index (χ0v) is 11.8. The molecule has 2 aromatic heterocycles. The van der Waals surface area contributed by atoms with Crippen molar-refractivity contribution in [2.24, 2.45) is 0 Å². The molecule has 0 saturated heterocycles. The molecular weight excluding hydrogens is 274 g/mol. The Kier molecular flexibility index (Phi) is 3.40. The van der Waals surface area contributed by atoms with Crippen molar-refractivity contribution in [3.05, 3.63) is 39.5 Å². The molecule has 0 saturated carbocycles. The average Bonchev–Trinajstić information content (AvgIpc) is 2.83. The van der Waals surface area contributed by atoms with E-state index in [1.807, 2.05) is 0 Å². The van der Waals surface area contributed by atoms with Crippen molar-refractivity contribution in [3.63, 3.8) is 0 Å². The van der Waals surface area contributed by atoms with Crippen LogP contribution in [0.5, 0.6) is 0 Å². The molecule has 1 aliphatic heterocycles. The summed E-state index contributed by atoms with van der Waals surface area (Å²) in [6.45, 7) is 2.63. The topological polar surface area (TPSA) is 90.3 Å². The summed E-state index contributed by atoms with van der Waals surface area (Å²) >= 11 is 0. The fraction of sp³-hybridized carbons (Fsp3) is 0.500. The van der Waals surface area contributed by atoms with Gasteiger partial charge in [-0.3, -0.25) is 4.57 Å². The summed E-state index contributed by atoms with van der Waals surface area (Å²) in [6.07, 6.45) is 3.97. The maximum atomic E-state index is 12.3. The second-order valence-corrected chi connectivity index (χ2v) is 5.32. The van der Waals surface area contributed by atoms with Crippen molar-refractivity contribution in [1.82, 2.24) is 14.3 Å².